The van der Waals surface area contributed by atoms with E-state index in [2.05, 4.69) is 15.2 Å². The maximum atomic E-state index is 13.3. The molecule has 0 spiro atoms. The van der Waals surface area contributed by atoms with Gasteiger partial charge < -0.3 is 19.7 Å². The number of carbonyl (C=O) groups excluding carboxylic acids is 2. The van der Waals surface area contributed by atoms with Gasteiger partial charge in [0.25, 0.3) is 5.91 Å². The van der Waals surface area contributed by atoms with E-state index in [1.807, 2.05) is 17.0 Å². The SMILES string of the molecule is COc1cc(OC)cc(C(=O)N2CCN(C(C(=O)NCc3cccnc3)C3CCCC3)CC2)c1. The molecule has 2 aliphatic rings. The van der Waals surface area contributed by atoms with Crippen molar-refractivity contribution < 1.29 is 19.1 Å². The Kier molecular flexibility index (Phi) is 8.00. The summed E-state index contributed by atoms with van der Waals surface area (Å²) in [6.07, 6.45) is 8.01. The molecule has 1 unspecified atom stereocenters. The number of nitrogens with one attached hydrogen (secondary N) is 1. The fourth-order valence-electron chi connectivity index (χ4n) is 5.06. The Balaban J connectivity index is 1.40. The molecule has 1 atom stereocenters. The Morgan fingerprint density at radius 2 is 1.74 bits per heavy atom. The van der Waals surface area contributed by atoms with Crippen LogP contribution >= 0.6 is 0 Å². The summed E-state index contributed by atoms with van der Waals surface area (Å²) in [7, 11) is 3.15. The van der Waals surface area contributed by atoms with Gasteiger partial charge in [-0.05, 0) is 42.5 Å². The topological polar surface area (TPSA) is 84.0 Å². The molecule has 182 valence electrons. The van der Waals surface area contributed by atoms with Crippen molar-refractivity contribution in [2.75, 3.05) is 40.4 Å². The van der Waals surface area contributed by atoms with Crippen LogP contribution in [0.25, 0.3) is 0 Å². The van der Waals surface area contributed by atoms with Crippen molar-refractivity contribution in [1.82, 2.24) is 20.1 Å². The first-order valence-corrected chi connectivity index (χ1v) is 12.0. The van der Waals surface area contributed by atoms with Gasteiger partial charge in [0.2, 0.25) is 5.91 Å². The second kappa shape index (κ2) is 11.3. The predicted octanol–water partition coefficient (Wildman–Crippen LogP) is 2.73. The van der Waals surface area contributed by atoms with Crippen LogP contribution in [0.3, 0.4) is 0 Å². The van der Waals surface area contributed by atoms with Crippen molar-refractivity contribution in [3.63, 3.8) is 0 Å². The summed E-state index contributed by atoms with van der Waals surface area (Å²) in [5.41, 5.74) is 1.54. The van der Waals surface area contributed by atoms with Gasteiger partial charge in [0, 0.05) is 56.7 Å². The zero-order chi connectivity index (χ0) is 23.9. The molecular formula is C26H34N4O4. The normalized spacial score (nSPS) is 17.9. The van der Waals surface area contributed by atoms with Crippen molar-refractivity contribution in [2.24, 2.45) is 5.92 Å². The third-order valence-corrected chi connectivity index (χ3v) is 6.90. The summed E-state index contributed by atoms with van der Waals surface area (Å²) in [6.45, 7) is 2.99. The maximum Gasteiger partial charge on any atom is 0.254 e. The van der Waals surface area contributed by atoms with E-state index < -0.39 is 0 Å². The number of nitrogens with zero attached hydrogens (tertiary/aromatic N) is 3. The minimum Gasteiger partial charge on any atom is -0.497 e. The second-order valence-corrected chi connectivity index (χ2v) is 9.00. The van der Waals surface area contributed by atoms with E-state index in [1.54, 1.807) is 44.8 Å². The van der Waals surface area contributed by atoms with Crippen LogP contribution < -0.4 is 14.8 Å². The van der Waals surface area contributed by atoms with Crippen molar-refractivity contribution in [3.8, 4) is 11.5 Å². The number of ether oxygens (including phenoxy) is 2. The molecule has 2 fully saturated rings. The summed E-state index contributed by atoms with van der Waals surface area (Å²) in [4.78, 5) is 34.7. The van der Waals surface area contributed by atoms with Gasteiger partial charge in [-0.15, -0.1) is 0 Å². The first-order chi connectivity index (χ1) is 16.6. The highest BCUT2D eigenvalue weighted by molar-refractivity contribution is 5.95. The quantitative estimate of drug-likeness (QED) is 0.644. The van der Waals surface area contributed by atoms with Crippen LogP contribution in [-0.2, 0) is 11.3 Å². The van der Waals surface area contributed by atoms with Gasteiger partial charge in [-0.3, -0.25) is 19.5 Å². The minimum absolute atomic E-state index is 0.0460. The van der Waals surface area contributed by atoms with Crippen LogP contribution in [0.4, 0.5) is 0 Å². The highest BCUT2D eigenvalue weighted by Crippen LogP contribution is 2.31. The Bertz CT molecular complexity index is 948. The van der Waals surface area contributed by atoms with Gasteiger partial charge in [0.05, 0.1) is 20.3 Å². The standard InChI is InChI=1S/C26H34N4O4/c1-33-22-14-21(15-23(16-22)34-2)26(32)30-12-10-29(11-13-30)24(20-7-3-4-8-20)25(31)28-18-19-6-5-9-27-17-19/h5-6,9,14-17,20,24H,3-4,7-8,10-13,18H2,1-2H3,(H,28,31). The minimum atomic E-state index is -0.159. The van der Waals surface area contributed by atoms with Crippen LogP contribution in [0.2, 0.25) is 0 Å². The highest BCUT2D eigenvalue weighted by Gasteiger charge is 2.37. The molecule has 1 saturated carbocycles. The molecule has 0 radical (unpaired) electrons. The monoisotopic (exact) mass is 466 g/mol. The second-order valence-electron chi connectivity index (χ2n) is 9.00. The molecule has 2 amide bonds. The number of methoxy groups -OCH3 is 2. The lowest BCUT2D eigenvalue weighted by molar-refractivity contribution is -0.129. The largest absolute Gasteiger partial charge is 0.497 e. The van der Waals surface area contributed by atoms with E-state index in [4.69, 9.17) is 9.47 Å². The summed E-state index contributed by atoms with van der Waals surface area (Å²) in [5, 5.41) is 3.13. The van der Waals surface area contributed by atoms with Gasteiger partial charge in [0.1, 0.15) is 11.5 Å². The Hall–Kier alpha value is -3.13. The number of pyridine rings is 1. The highest BCUT2D eigenvalue weighted by atomic mass is 16.5. The average Bonchev–Trinajstić information content (AvgIpc) is 3.42. The Morgan fingerprint density at radius 1 is 1.06 bits per heavy atom. The number of carbonyl (C=O) groups is 2. The molecule has 34 heavy (non-hydrogen) atoms. The van der Waals surface area contributed by atoms with E-state index in [0.717, 1.165) is 18.4 Å². The number of aromatic nitrogens is 1. The lowest BCUT2D eigenvalue weighted by atomic mass is 9.94. The Morgan fingerprint density at radius 3 is 2.32 bits per heavy atom. The van der Waals surface area contributed by atoms with E-state index in [1.165, 1.54) is 12.8 Å². The van der Waals surface area contributed by atoms with Crippen LogP contribution in [0.5, 0.6) is 11.5 Å². The van der Waals surface area contributed by atoms with Crippen LogP contribution in [0.15, 0.2) is 42.7 Å². The summed E-state index contributed by atoms with van der Waals surface area (Å²) in [6, 6.07) is 8.92. The third-order valence-electron chi connectivity index (χ3n) is 6.90. The number of hydrogen-bond acceptors (Lipinski definition) is 6. The average molecular weight is 467 g/mol. The first-order valence-electron chi connectivity index (χ1n) is 12.0. The molecule has 8 nitrogen and oxygen atoms in total. The lowest BCUT2D eigenvalue weighted by Gasteiger charge is -2.40. The van der Waals surface area contributed by atoms with Crippen molar-refractivity contribution in [2.45, 2.75) is 38.3 Å². The molecule has 1 aromatic heterocycles. The van der Waals surface area contributed by atoms with Crippen molar-refractivity contribution in [1.29, 1.82) is 0 Å². The molecule has 2 aromatic rings. The molecule has 0 bridgehead atoms. The smallest absolute Gasteiger partial charge is 0.254 e. The van der Waals surface area contributed by atoms with Crippen molar-refractivity contribution >= 4 is 11.8 Å². The van der Waals surface area contributed by atoms with E-state index in [9.17, 15) is 9.59 Å². The molecular weight excluding hydrogens is 432 g/mol. The number of amides is 2. The van der Waals surface area contributed by atoms with Gasteiger partial charge in [-0.2, -0.15) is 0 Å². The number of rotatable bonds is 8. The van der Waals surface area contributed by atoms with Gasteiger partial charge in [0.15, 0.2) is 0 Å². The van der Waals surface area contributed by atoms with E-state index in [-0.39, 0.29) is 17.9 Å². The van der Waals surface area contributed by atoms with Gasteiger partial charge in [-0.1, -0.05) is 18.9 Å². The van der Waals surface area contributed by atoms with Crippen molar-refractivity contribution in [3.05, 3.63) is 53.9 Å². The lowest BCUT2D eigenvalue weighted by Crippen LogP contribution is -2.57. The van der Waals surface area contributed by atoms with Crippen LogP contribution in [-0.4, -0.2) is 73.0 Å². The Labute approximate surface area is 201 Å². The first kappa shape index (κ1) is 24.0. The zero-order valence-corrected chi connectivity index (χ0v) is 20.0. The number of benzene rings is 1. The number of piperazine rings is 1. The fraction of sp³-hybridized carbons (Fsp3) is 0.500. The molecule has 1 aliphatic heterocycles. The summed E-state index contributed by atoms with van der Waals surface area (Å²) in [5.74, 6) is 1.57. The van der Waals surface area contributed by atoms with E-state index in [0.29, 0.717) is 55.7 Å². The van der Waals surface area contributed by atoms with Gasteiger partial charge >= 0.3 is 0 Å². The zero-order valence-electron chi connectivity index (χ0n) is 20.0. The summed E-state index contributed by atoms with van der Waals surface area (Å²) < 4.78 is 10.6. The fourth-order valence-corrected chi connectivity index (χ4v) is 5.06. The number of hydrogen-bond donors (Lipinski definition) is 1. The molecule has 1 N–H and O–H groups in total. The summed E-state index contributed by atoms with van der Waals surface area (Å²) >= 11 is 0. The maximum absolute atomic E-state index is 13.3. The van der Waals surface area contributed by atoms with E-state index >= 15 is 0 Å². The third kappa shape index (κ3) is 5.67. The van der Waals surface area contributed by atoms with Crippen LogP contribution in [0, 0.1) is 5.92 Å². The molecule has 4 rings (SSSR count). The predicted molar refractivity (Wildman–Crippen MR) is 129 cm³/mol. The van der Waals surface area contributed by atoms with Crippen LogP contribution in [0.1, 0.15) is 41.6 Å². The molecule has 1 aromatic carbocycles. The molecule has 1 saturated heterocycles. The molecule has 2 heterocycles. The molecule has 1 aliphatic carbocycles. The van der Waals surface area contributed by atoms with Gasteiger partial charge in [-0.25, -0.2) is 0 Å². The molecule has 8 heteroatoms.